The molecule has 0 unspecified atom stereocenters. The molecular weight excluding hydrogens is 951 g/mol. The lowest BCUT2D eigenvalue weighted by Gasteiger charge is -2.34. The van der Waals surface area contributed by atoms with E-state index in [0.29, 0.717) is 53.8 Å². The summed E-state index contributed by atoms with van der Waals surface area (Å²) in [6, 6.07) is 20.0. The van der Waals surface area contributed by atoms with E-state index in [0.717, 1.165) is 8.61 Å². The van der Waals surface area contributed by atoms with Gasteiger partial charge in [0.15, 0.2) is 23.3 Å². The van der Waals surface area contributed by atoms with Crippen molar-refractivity contribution in [2.75, 3.05) is 26.2 Å². The molecule has 63 heavy (non-hydrogen) atoms. The largest absolute Gasteiger partial charge is 0.634 e. The van der Waals surface area contributed by atoms with Crippen LogP contribution in [0.25, 0.3) is 21.5 Å². The molecule has 0 atom stereocenters. The second-order valence-corrected chi connectivity index (χ2v) is 22.3. The Kier molecular flexibility index (Phi) is 10.2. The van der Waals surface area contributed by atoms with Crippen LogP contribution in [0.1, 0.15) is 49.9 Å². The van der Waals surface area contributed by atoms with E-state index in [1.807, 2.05) is 0 Å². The van der Waals surface area contributed by atoms with Gasteiger partial charge in [-0.15, -0.1) is 0 Å². The van der Waals surface area contributed by atoms with Crippen LogP contribution in [0.2, 0.25) is 20.1 Å². The number of nitrogens with zero attached hydrogens (tertiary/aromatic N) is 10. The first-order valence-corrected chi connectivity index (χ1v) is 25.6. The molecule has 4 aromatic carbocycles. The smallest absolute Gasteiger partial charge is 0.271 e. The van der Waals surface area contributed by atoms with Gasteiger partial charge in [0.25, 0.3) is 0 Å². The zero-order valence-electron chi connectivity index (χ0n) is 33.5. The van der Waals surface area contributed by atoms with Crippen LogP contribution in [0.5, 0.6) is 0 Å². The predicted octanol–water partition coefficient (Wildman–Crippen LogP) is 7.19. The maximum Gasteiger partial charge on any atom is 0.634 e. The number of aliphatic imine (C=N–C) groups is 4. The molecule has 16 nitrogen and oxygen atoms in total. The lowest BCUT2D eigenvalue weighted by atomic mass is 10.1. The van der Waals surface area contributed by atoms with Gasteiger partial charge in [-0.05, 0) is 72.8 Å². The third-order valence-corrected chi connectivity index (χ3v) is 19.6. The molecule has 322 valence electrons. The first-order valence-electron chi connectivity index (χ1n) is 19.6. The van der Waals surface area contributed by atoms with Gasteiger partial charge < -0.3 is 0 Å². The Labute approximate surface area is 381 Å². The number of fused-ring (bicyclic) bond motifs is 14. The zero-order chi connectivity index (χ0) is 44.3. The van der Waals surface area contributed by atoms with Gasteiger partial charge in [-0.3, -0.25) is 8.47 Å². The van der Waals surface area contributed by atoms with Crippen molar-refractivity contribution >= 4 is 132 Å². The number of hydrogen-bond donors (Lipinski definition) is 0. The van der Waals surface area contributed by atoms with Crippen molar-refractivity contribution < 1.29 is 24.6 Å². The maximum atomic E-state index is 15.1. The summed E-state index contributed by atoms with van der Waals surface area (Å²) >= 11 is 26.8. The standard InChI is InChI=1S/C40H32Cl4N10O6S2Si/c1-5-51(6-2)61(55,56)59-63(60-62(57,58)52(7-3)8-4)53-38-27-15-11-23(43)19-31(27)39(53)47-33-25-13-9-21(41)17-29(25)35(45-33)49-37-28-16-12-24(44)20-32(28)40(54(37)63)48-34-26-14-10-22(42)18-30(26)36(46-34)50-38/h9-20H,5-8H2,1-4H3. The van der Waals surface area contributed by atoms with Crippen LogP contribution in [-0.4, -0.2) is 92.3 Å². The van der Waals surface area contributed by atoms with Gasteiger partial charge >= 0.3 is 29.5 Å². The molecule has 6 heterocycles. The van der Waals surface area contributed by atoms with Crippen molar-refractivity contribution in [3.05, 3.63) is 126 Å². The van der Waals surface area contributed by atoms with Crippen LogP contribution >= 0.6 is 46.4 Å². The summed E-state index contributed by atoms with van der Waals surface area (Å²) in [6.45, 7) is 6.28. The molecule has 0 radical (unpaired) electrons. The monoisotopic (exact) mass is 980 g/mol. The van der Waals surface area contributed by atoms with Crippen molar-refractivity contribution in [1.82, 2.24) is 17.1 Å². The second-order valence-electron chi connectivity index (χ2n) is 14.5. The van der Waals surface area contributed by atoms with Crippen LogP contribution in [0.4, 0.5) is 11.6 Å². The molecule has 0 amide bonds. The molecule has 0 saturated heterocycles. The topological polar surface area (TPSA) is 177 Å². The molecule has 23 heteroatoms. The van der Waals surface area contributed by atoms with E-state index in [1.165, 1.54) is 8.47 Å². The van der Waals surface area contributed by atoms with Crippen molar-refractivity contribution in [3.8, 4) is 0 Å². The van der Waals surface area contributed by atoms with E-state index in [9.17, 15) is 0 Å². The minimum absolute atomic E-state index is 0.0446. The molecule has 6 aromatic rings. The van der Waals surface area contributed by atoms with Gasteiger partial charge in [0.05, 0.1) is 0 Å². The molecule has 0 N–H and O–H groups in total. The SMILES string of the molecule is CCN(CC)S(=O)(=O)O[Si]1(OS(=O)(=O)N(CC)CC)n2c3c4cc(Cl)ccc4c2N=C2N=C(N=c4c5cc(Cl)ccc5c(n41)=NC1=NC(=N3)c3ccc(Cl)cc31)c1ccc(Cl)cc12. The van der Waals surface area contributed by atoms with Gasteiger partial charge in [-0.25, -0.2) is 37.7 Å². The molecule has 6 bridgehead atoms. The summed E-state index contributed by atoms with van der Waals surface area (Å²) in [5, 5.41) is 2.60. The highest BCUT2D eigenvalue weighted by Gasteiger charge is 2.60. The number of benzene rings is 4. The van der Waals surface area contributed by atoms with Crippen LogP contribution < -0.4 is 11.0 Å². The highest BCUT2D eigenvalue weighted by atomic mass is 35.5. The van der Waals surface area contributed by atoms with Crippen molar-refractivity contribution in [2.45, 2.75) is 27.7 Å². The Morgan fingerprint density at radius 2 is 0.873 bits per heavy atom. The predicted molar refractivity (Wildman–Crippen MR) is 247 cm³/mol. The average molecular weight is 983 g/mol. The molecule has 4 aliphatic rings. The normalized spacial score (nSPS) is 16.0. The number of hydrogen-bond acceptors (Lipinski definition) is 12. The molecule has 0 saturated carbocycles. The van der Waals surface area contributed by atoms with Crippen LogP contribution in [-0.2, 0) is 28.4 Å². The summed E-state index contributed by atoms with van der Waals surface area (Å²) in [4.78, 5) is 30.5. The fraction of sp³-hybridized carbons (Fsp3) is 0.200. The minimum atomic E-state index is -5.80. The van der Waals surface area contributed by atoms with Gasteiger partial charge in [-0.2, -0.15) is 25.4 Å². The van der Waals surface area contributed by atoms with Crippen molar-refractivity contribution in [1.29, 1.82) is 0 Å². The lowest BCUT2D eigenvalue weighted by Crippen LogP contribution is -2.67. The Morgan fingerprint density at radius 3 is 1.40 bits per heavy atom. The first-order chi connectivity index (χ1) is 30.1. The molecular formula is C40H32Cl4N10O6S2Si. The highest BCUT2D eigenvalue weighted by Crippen LogP contribution is 2.45. The number of rotatable bonds is 10. The van der Waals surface area contributed by atoms with Crippen LogP contribution in [0, 0.1) is 0 Å². The van der Waals surface area contributed by atoms with Crippen LogP contribution in [0.3, 0.4) is 0 Å². The Morgan fingerprint density at radius 1 is 0.476 bits per heavy atom. The van der Waals surface area contributed by atoms with Crippen molar-refractivity contribution in [3.63, 3.8) is 0 Å². The highest BCUT2D eigenvalue weighted by molar-refractivity contribution is 7.87. The van der Waals surface area contributed by atoms with Gasteiger partial charge in [0.2, 0.25) is 0 Å². The summed E-state index contributed by atoms with van der Waals surface area (Å²) in [7, 11) is -15.8. The molecule has 0 aliphatic carbocycles. The molecule has 10 rings (SSSR count). The van der Waals surface area contributed by atoms with Crippen molar-refractivity contribution in [2.24, 2.45) is 30.0 Å². The number of aromatic nitrogens is 2. The Bertz CT molecular complexity index is 3480. The number of halogens is 4. The summed E-state index contributed by atoms with van der Waals surface area (Å²) < 4.78 is 78.7. The zero-order valence-corrected chi connectivity index (χ0v) is 39.2. The van der Waals surface area contributed by atoms with Crippen LogP contribution in [0.15, 0.2) is 103 Å². The number of amidine groups is 4. The fourth-order valence-electron chi connectivity index (χ4n) is 8.15. The van der Waals surface area contributed by atoms with Gasteiger partial charge in [0.1, 0.15) is 22.6 Å². The average Bonchev–Trinajstić information content (AvgIpc) is 3.93. The molecule has 4 aliphatic heterocycles. The van der Waals surface area contributed by atoms with E-state index < -0.39 is 29.5 Å². The third kappa shape index (κ3) is 6.59. The van der Waals surface area contributed by atoms with E-state index in [2.05, 4.69) is 0 Å². The summed E-state index contributed by atoms with van der Waals surface area (Å²) in [6.07, 6.45) is 0. The van der Waals surface area contributed by atoms with Gasteiger partial charge in [0, 0.05) is 90.1 Å². The Hall–Kier alpha value is -4.64. The third-order valence-electron chi connectivity index (χ3n) is 11.0. The molecule has 2 aromatic heterocycles. The molecule has 0 fully saturated rings. The summed E-state index contributed by atoms with van der Waals surface area (Å²) in [5.74, 6) is 0.378. The van der Waals surface area contributed by atoms with E-state index in [-0.39, 0.29) is 82.2 Å². The van der Waals surface area contributed by atoms with E-state index >= 15 is 16.8 Å². The van der Waals surface area contributed by atoms with Gasteiger partial charge in [-0.1, -0.05) is 74.1 Å². The summed E-state index contributed by atoms with van der Waals surface area (Å²) in [5.41, 5.74) is 1.89. The maximum absolute atomic E-state index is 15.1. The minimum Gasteiger partial charge on any atom is -0.271 e. The first kappa shape index (κ1) is 42.3. The Balaban J connectivity index is 1.56. The quantitative estimate of drug-likeness (QED) is 0.131. The lowest BCUT2D eigenvalue weighted by molar-refractivity contribution is 0.290. The van der Waals surface area contributed by atoms with E-state index in [4.69, 9.17) is 84.1 Å². The second kappa shape index (κ2) is 15.2. The molecule has 0 spiro atoms. The van der Waals surface area contributed by atoms with E-state index in [1.54, 1.807) is 100 Å². The fourth-order valence-corrected chi connectivity index (χ4v) is 16.6.